The molecule has 2 unspecified atom stereocenters. The number of rotatable bonds is 6. The number of piperidine rings is 1. The monoisotopic (exact) mass is 448 g/mol. The van der Waals surface area contributed by atoms with Crippen LogP contribution in [0.1, 0.15) is 36.2 Å². The predicted octanol–water partition coefficient (Wildman–Crippen LogP) is 1.79. The number of hydrogen-bond acceptors (Lipinski definition) is 6. The quantitative estimate of drug-likeness (QED) is 0.723. The molecule has 168 valence electrons. The topological polar surface area (TPSA) is 103 Å². The Bertz CT molecular complexity index is 1080. The minimum absolute atomic E-state index is 0.0396. The van der Waals surface area contributed by atoms with Crippen LogP contribution in [-0.2, 0) is 17.1 Å². The number of carbonyl (C=O) groups excluding carboxylic acids is 1. The summed E-state index contributed by atoms with van der Waals surface area (Å²) in [5.41, 5.74) is 1.77. The van der Waals surface area contributed by atoms with Crippen molar-refractivity contribution in [2.75, 3.05) is 20.5 Å². The average Bonchev–Trinajstić information content (AvgIpc) is 3.25. The zero-order valence-electron chi connectivity index (χ0n) is 18.2. The molecule has 1 aromatic heterocycles. The van der Waals surface area contributed by atoms with E-state index in [1.165, 1.54) is 6.26 Å². The molecule has 0 radical (unpaired) electrons. The molecule has 2 aliphatic heterocycles. The van der Waals surface area contributed by atoms with Gasteiger partial charge in [0.2, 0.25) is 10.0 Å². The van der Waals surface area contributed by atoms with E-state index >= 15 is 0 Å². The van der Waals surface area contributed by atoms with Gasteiger partial charge in [0.05, 0.1) is 26.2 Å². The number of hydrogen-bond donors (Lipinski definition) is 1. The molecule has 0 saturated carbocycles. The molecule has 2 saturated heterocycles. The van der Waals surface area contributed by atoms with Crippen molar-refractivity contribution in [3.05, 3.63) is 30.0 Å². The average molecular weight is 449 g/mol. The highest BCUT2D eigenvalue weighted by atomic mass is 32.2. The van der Waals surface area contributed by atoms with Crippen LogP contribution < -0.4 is 14.8 Å². The largest absolute Gasteiger partial charge is 0.497 e. The maximum atomic E-state index is 13.0. The van der Waals surface area contributed by atoms with Gasteiger partial charge in [0, 0.05) is 30.7 Å². The highest BCUT2D eigenvalue weighted by Crippen LogP contribution is 2.38. The van der Waals surface area contributed by atoms with Crippen LogP contribution in [0.25, 0.3) is 11.3 Å². The van der Waals surface area contributed by atoms with Crippen LogP contribution in [0.15, 0.2) is 24.3 Å². The first-order chi connectivity index (χ1) is 14.7. The Morgan fingerprint density at radius 2 is 1.81 bits per heavy atom. The van der Waals surface area contributed by atoms with Gasteiger partial charge in [-0.3, -0.25) is 9.48 Å². The van der Waals surface area contributed by atoms with Crippen molar-refractivity contribution in [3.8, 4) is 22.8 Å². The fourth-order valence-corrected chi connectivity index (χ4v) is 6.34. The summed E-state index contributed by atoms with van der Waals surface area (Å²) in [5, 5.41) is 7.59. The van der Waals surface area contributed by atoms with E-state index in [1.807, 2.05) is 6.07 Å². The highest BCUT2D eigenvalue weighted by molar-refractivity contribution is 7.88. The lowest BCUT2D eigenvalue weighted by Gasteiger charge is -2.37. The molecule has 1 amide bonds. The molecule has 1 N–H and O–H groups in total. The number of aryl methyl sites for hydroxylation is 1. The number of benzene rings is 1. The van der Waals surface area contributed by atoms with Crippen LogP contribution in [0.3, 0.4) is 0 Å². The van der Waals surface area contributed by atoms with E-state index in [9.17, 15) is 13.2 Å². The van der Waals surface area contributed by atoms with Gasteiger partial charge < -0.3 is 14.8 Å². The van der Waals surface area contributed by atoms with Gasteiger partial charge in [-0.15, -0.1) is 0 Å². The van der Waals surface area contributed by atoms with Gasteiger partial charge in [-0.1, -0.05) is 0 Å². The van der Waals surface area contributed by atoms with E-state index in [0.717, 1.165) is 18.4 Å². The number of nitrogens with zero attached hydrogens (tertiary/aromatic N) is 3. The Morgan fingerprint density at radius 1 is 1.13 bits per heavy atom. The first kappa shape index (κ1) is 21.6. The predicted molar refractivity (Wildman–Crippen MR) is 116 cm³/mol. The molecular formula is C21H28N4O5S. The number of aromatic nitrogens is 2. The lowest BCUT2D eigenvalue weighted by molar-refractivity contribution is 0.0900. The van der Waals surface area contributed by atoms with E-state index in [0.29, 0.717) is 35.7 Å². The van der Waals surface area contributed by atoms with Gasteiger partial charge in [-0.2, -0.15) is 9.40 Å². The van der Waals surface area contributed by atoms with Crippen LogP contribution in [-0.4, -0.2) is 67.0 Å². The maximum Gasteiger partial charge on any atom is 0.269 e. The van der Waals surface area contributed by atoms with E-state index in [-0.39, 0.29) is 24.0 Å². The fourth-order valence-electron chi connectivity index (χ4n) is 4.88. The first-order valence-electron chi connectivity index (χ1n) is 10.3. The summed E-state index contributed by atoms with van der Waals surface area (Å²) in [5.74, 6) is 1.08. The molecule has 4 rings (SSSR count). The second kappa shape index (κ2) is 8.16. The standard InChI is InChI=1S/C21H28N4O5S/c1-24-19(12-18(23-24)17-11-16(29-2)7-8-20(17)30-3)21(26)22-13-9-14-5-6-15(10-13)25(14)31(4,27)28/h7-8,11-15H,5-6,9-10H2,1-4H3,(H,22,26). The van der Waals surface area contributed by atoms with E-state index in [4.69, 9.17) is 9.47 Å². The molecule has 2 atom stereocenters. The Hall–Kier alpha value is -2.59. The molecule has 10 heteroatoms. The summed E-state index contributed by atoms with van der Waals surface area (Å²) in [6.07, 6.45) is 4.21. The Labute approximate surface area is 182 Å². The summed E-state index contributed by atoms with van der Waals surface area (Å²) < 4.78 is 38.1. The van der Waals surface area contributed by atoms with Crippen molar-refractivity contribution in [1.29, 1.82) is 0 Å². The number of nitrogens with one attached hydrogen (secondary N) is 1. The van der Waals surface area contributed by atoms with Crippen molar-refractivity contribution in [2.45, 2.75) is 43.8 Å². The normalized spacial score (nSPS) is 23.5. The van der Waals surface area contributed by atoms with Crippen LogP contribution in [0.2, 0.25) is 0 Å². The zero-order chi connectivity index (χ0) is 22.3. The minimum atomic E-state index is -3.23. The number of carbonyl (C=O) groups is 1. The van der Waals surface area contributed by atoms with Gasteiger partial charge in [0.15, 0.2) is 0 Å². The van der Waals surface area contributed by atoms with Gasteiger partial charge in [-0.05, 0) is 49.9 Å². The van der Waals surface area contributed by atoms with E-state index < -0.39 is 10.0 Å². The molecule has 2 bridgehead atoms. The summed E-state index contributed by atoms with van der Waals surface area (Å²) in [6.45, 7) is 0. The Kier molecular flexibility index (Phi) is 5.69. The van der Waals surface area contributed by atoms with Crippen molar-refractivity contribution in [1.82, 2.24) is 19.4 Å². The summed E-state index contributed by atoms with van der Waals surface area (Å²) in [7, 11) is 1.67. The number of ether oxygens (including phenoxy) is 2. The summed E-state index contributed by atoms with van der Waals surface area (Å²) in [6, 6.07) is 7.01. The van der Waals surface area contributed by atoms with Crippen LogP contribution in [0, 0.1) is 0 Å². The maximum absolute atomic E-state index is 13.0. The third-order valence-corrected chi connectivity index (χ3v) is 7.54. The third-order valence-electron chi connectivity index (χ3n) is 6.18. The molecule has 31 heavy (non-hydrogen) atoms. The van der Waals surface area contributed by atoms with Gasteiger partial charge in [0.1, 0.15) is 17.2 Å². The molecule has 0 spiro atoms. The first-order valence-corrected chi connectivity index (χ1v) is 12.1. The summed E-state index contributed by atoms with van der Waals surface area (Å²) >= 11 is 0. The lowest BCUT2D eigenvalue weighted by Crippen LogP contribution is -2.52. The van der Waals surface area contributed by atoms with Crippen molar-refractivity contribution < 1.29 is 22.7 Å². The van der Waals surface area contributed by atoms with E-state index in [2.05, 4.69) is 10.4 Å². The number of methoxy groups -OCH3 is 2. The SMILES string of the molecule is COc1ccc(OC)c(-c2cc(C(=O)NC3CC4CCC(C3)N4S(C)(=O)=O)n(C)n2)c1. The Morgan fingerprint density at radius 3 is 2.39 bits per heavy atom. The lowest BCUT2D eigenvalue weighted by atomic mass is 9.99. The Balaban J connectivity index is 1.52. The molecular weight excluding hydrogens is 420 g/mol. The van der Waals surface area contributed by atoms with Crippen LogP contribution in [0.5, 0.6) is 11.5 Å². The zero-order valence-corrected chi connectivity index (χ0v) is 19.0. The van der Waals surface area contributed by atoms with Crippen LogP contribution in [0.4, 0.5) is 0 Å². The minimum Gasteiger partial charge on any atom is -0.497 e. The second-order valence-electron chi connectivity index (χ2n) is 8.22. The van der Waals surface area contributed by atoms with Gasteiger partial charge >= 0.3 is 0 Å². The molecule has 9 nitrogen and oxygen atoms in total. The van der Waals surface area contributed by atoms with Crippen molar-refractivity contribution >= 4 is 15.9 Å². The molecule has 2 aliphatic rings. The van der Waals surface area contributed by atoms with Crippen molar-refractivity contribution in [2.24, 2.45) is 7.05 Å². The molecule has 3 heterocycles. The van der Waals surface area contributed by atoms with E-state index in [1.54, 1.807) is 48.5 Å². The van der Waals surface area contributed by atoms with Gasteiger partial charge in [-0.25, -0.2) is 8.42 Å². The molecule has 0 aliphatic carbocycles. The smallest absolute Gasteiger partial charge is 0.269 e. The molecule has 2 aromatic rings. The summed E-state index contributed by atoms with van der Waals surface area (Å²) in [4.78, 5) is 13.0. The molecule has 2 fully saturated rings. The second-order valence-corrected chi connectivity index (χ2v) is 10.1. The fraction of sp³-hybridized carbons (Fsp3) is 0.524. The van der Waals surface area contributed by atoms with Gasteiger partial charge in [0.25, 0.3) is 5.91 Å². The number of sulfonamides is 1. The third kappa shape index (κ3) is 4.14. The highest BCUT2D eigenvalue weighted by Gasteiger charge is 2.45. The number of fused-ring (bicyclic) bond motifs is 2. The van der Waals surface area contributed by atoms with Crippen LogP contribution >= 0.6 is 0 Å². The number of amides is 1. The molecule has 1 aromatic carbocycles. The van der Waals surface area contributed by atoms with Crippen molar-refractivity contribution in [3.63, 3.8) is 0 Å².